The monoisotopic (exact) mass is 155 g/mol. The molecule has 0 aromatic carbocycles. The van der Waals surface area contributed by atoms with E-state index in [1.807, 2.05) is 6.92 Å². The van der Waals surface area contributed by atoms with Crippen molar-refractivity contribution in [2.24, 2.45) is 5.73 Å². The van der Waals surface area contributed by atoms with Crippen LogP contribution in [0.15, 0.2) is 23.4 Å². The fourth-order valence-corrected chi connectivity index (χ4v) is 0.421. The molecule has 62 valence electrons. The van der Waals surface area contributed by atoms with E-state index in [0.717, 1.165) is 6.42 Å². The summed E-state index contributed by atoms with van der Waals surface area (Å²) in [6.45, 7) is 3.44. The molecule has 3 nitrogen and oxygen atoms in total. The lowest BCUT2D eigenvalue weighted by atomic mass is 10.2. The van der Waals surface area contributed by atoms with Crippen molar-refractivity contribution in [1.82, 2.24) is 0 Å². The van der Waals surface area contributed by atoms with Gasteiger partial charge in [0.25, 0.3) is 0 Å². The first-order valence-corrected chi connectivity index (χ1v) is 3.44. The Bertz CT molecular complexity index is 204. The molecule has 0 fully saturated rings. The molecule has 0 aromatic rings. The van der Waals surface area contributed by atoms with E-state index < -0.39 is 5.97 Å². The smallest absolute Gasteiger partial charge is 0.331 e. The van der Waals surface area contributed by atoms with Crippen molar-refractivity contribution in [2.45, 2.75) is 20.3 Å². The Balaban J connectivity index is 4.22. The molecular weight excluding hydrogens is 142 g/mol. The van der Waals surface area contributed by atoms with Crippen LogP contribution in [-0.2, 0) is 4.79 Å². The van der Waals surface area contributed by atoms with Gasteiger partial charge in [-0.2, -0.15) is 0 Å². The second kappa shape index (κ2) is 4.55. The third-order valence-electron chi connectivity index (χ3n) is 1.29. The first-order valence-electron chi connectivity index (χ1n) is 3.44. The molecule has 0 rings (SSSR count). The van der Waals surface area contributed by atoms with E-state index in [9.17, 15) is 4.79 Å². The van der Waals surface area contributed by atoms with Crippen LogP contribution in [0.2, 0.25) is 0 Å². The summed E-state index contributed by atoms with van der Waals surface area (Å²) in [7, 11) is 0. The SMILES string of the molecule is CC/C(N)=C\C=C(/C)C(=O)O. The number of allylic oxidation sites excluding steroid dienone is 3. The molecule has 0 amide bonds. The molecule has 0 radical (unpaired) electrons. The highest BCUT2D eigenvalue weighted by atomic mass is 16.4. The molecule has 0 aromatic heterocycles. The van der Waals surface area contributed by atoms with Gasteiger partial charge in [-0.3, -0.25) is 0 Å². The fourth-order valence-electron chi connectivity index (χ4n) is 0.421. The Morgan fingerprint density at radius 1 is 1.55 bits per heavy atom. The van der Waals surface area contributed by atoms with E-state index in [-0.39, 0.29) is 0 Å². The predicted octanol–water partition coefficient (Wildman–Crippen LogP) is 1.27. The topological polar surface area (TPSA) is 63.3 Å². The molecule has 3 N–H and O–H groups in total. The van der Waals surface area contributed by atoms with Crippen molar-refractivity contribution < 1.29 is 9.90 Å². The molecule has 0 spiro atoms. The average molecular weight is 155 g/mol. The highest BCUT2D eigenvalue weighted by molar-refractivity contribution is 5.86. The Morgan fingerprint density at radius 2 is 2.09 bits per heavy atom. The van der Waals surface area contributed by atoms with Crippen molar-refractivity contribution >= 4 is 5.97 Å². The molecular formula is C8H13NO2. The zero-order valence-corrected chi connectivity index (χ0v) is 6.79. The summed E-state index contributed by atoms with van der Waals surface area (Å²) in [6.07, 6.45) is 3.86. The number of rotatable bonds is 3. The number of hydrogen-bond donors (Lipinski definition) is 2. The maximum Gasteiger partial charge on any atom is 0.331 e. The number of carboxylic acid groups (broad SMARTS) is 1. The summed E-state index contributed by atoms with van der Waals surface area (Å²) in [6, 6.07) is 0. The van der Waals surface area contributed by atoms with Crippen LogP contribution < -0.4 is 5.73 Å². The fraction of sp³-hybridized carbons (Fsp3) is 0.375. The van der Waals surface area contributed by atoms with Crippen molar-refractivity contribution in [2.75, 3.05) is 0 Å². The maximum atomic E-state index is 10.3. The molecule has 0 unspecified atom stereocenters. The van der Waals surface area contributed by atoms with E-state index in [0.29, 0.717) is 11.3 Å². The zero-order chi connectivity index (χ0) is 8.85. The Kier molecular flexibility index (Phi) is 4.03. The van der Waals surface area contributed by atoms with Gasteiger partial charge in [0.1, 0.15) is 0 Å². The third kappa shape index (κ3) is 4.19. The molecule has 3 heteroatoms. The van der Waals surface area contributed by atoms with E-state index in [4.69, 9.17) is 10.8 Å². The van der Waals surface area contributed by atoms with Crippen LogP contribution in [0.5, 0.6) is 0 Å². The maximum absolute atomic E-state index is 10.3. The summed E-state index contributed by atoms with van der Waals surface area (Å²) >= 11 is 0. The highest BCUT2D eigenvalue weighted by Gasteiger charge is 1.95. The first kappa shape index (κ1) is 9.75. The second-order valence-electron chi connectivity index (χ2n) is 2.25. The molecule has 11 heavy (non-hydrogen) atoms. The van der Waals surface area contributed by atoms with Gasteiger partial charge in [-0.05, 0) is 19.4 Å². The zero-order valence-electron chi connectivity index (χ0n) is 6.79. The van der Waals surface area contributed by atoms with E-state index in [2.05, 4.69) is 0 Å². The van der Waals surface area contributed by atoms with Gasteiger partial charge in [0.15, 0.2) is 0 Å². The van der Waals surface area contributed by atoms with Crippen molar-refractivity contribution in [3.05, 3.63) is 23.4 Å². The molecule has 0 saturated heterocycles. The van der Waals surface area contributed by atoms with Gasteiger partial charge in [0, 0.05) is 11.3 Å². The Hall–Kier alpha value is -1.25. The van der Waals surface area contributed by atoms with Crippen LogP contribution >= 0.6 is 0 Å². The van der Waals surface area contributed by atoms with Gasteiger partial charge in [0.2, 0.25) is 0 Å². The van der Waals surface area contributed by atoms with Crippen LogP contribution in [-0.4, -0.2) is 11.1 Å². The van der Waals surface area contributed by atoms with Gasteiger partial charge < -0.3 is 10.8 Å². The minimum absolute atomic E-state index is 0.293. The van der Waals surface area contributed by atoms with Gasteiger partial charge in [0.05, 0.1) is 0 Å². The third-order valence-corrected chi connectivity index (χ3v) is 1.29. The molecule has 0 aliphatic carbocycles. The van der Waals surface area contributed by atoms with Crippen LogP contribution in [0.3, 0.4) is 0 Å². The number of carbonyl (C=O) groups is 1. The highest BCUT2D eigenvalue weighted by Crippen LogP contribution is 1.96. The molecule has 0 bridgehead atoms. The number of aliphatic carboxylic acids is 1. The standard InChI is InChI=1S/C8H13NO2/c1-3-7(9)5-4-6(2)8(10)11/h4-5H,3,9H2,1-2H3,(H,10,11)/b6-4+,7-5+. The van der Waals surface area contributed by atoms with Crippen LogP contribution in [0.25, 0.3) is 0 Å². The first-order chi connectivity index (χ1) is 5.07. The van der Waals surface area contributed by atoms with Crippen molar-refractivity contribution in [3.63, 3.8) is 0 Å². The summed E-state index contributed by atoms with van der Waals surface area (Å²) in [4.78, 5) is 10.3. The lowest BCUT2D eigenvalue weighted by molar-refractivity contribution is -0.132. The Morgan fingerprint density at radius 3 is 2.45 bits per heavy atom. The van der Waals surface area contributed by atoms with Crippen LogP contribution in [0.1, 0.15) is 20.3 Å². The predicted molar refractivity (Wildman–Crippen MR) is 44.0 cm³/mol. The molecule has 0 aliphatic rings. The van der Waals surface area contributed by atoms with Crippen LogP contribution in [0.4, 0.5) is 0 Å². The van der Waals surface area contributed by atoms with E-state index >= 15 is 0 Å². The Labute approximate surface area is 66.2 Å². The van der Waals surface area contributed by atoms with E-state index in [1.54, 1.807) is 6.08 Å². The number of hydrogen-bond acceptors (Lipinski definition) is 2. The molecule has 0 atom stereocenters. The summed E-state index contributed by atoms with van der Waals surface area (Å²) < 4.78 is 0. The largest absolute Gasteiger partial charge is 0.478 e. The van der Waals surface area contributed by atoms with Crippen LogP contribution in [0, 0.1) is 0 Å². The summed E-state index contributed by atoms with van der Waals surface area (Å²) in [5.41, 5.74) is 6.42. The van der Waals surface area contributed by atoms with Gasteiger partial charge >= 0.3 is 5.97 Å². The lowest BCUT2D eigenvalue weighted by Gasteiger charge is -1.92. The second-order valence-corrected chi connectivity index (χ2v) is 2.25. The summed E-state index contributed by atoms with van der Waals surface area (Å²) in [5, 5.41) is 8.43. The quantitative estimate of drug-likeness (QED) is 0.476. The number of nitrogens with two attached hydrogens (primary N) is 1. The number of carboxylic acids is 1. The minimum atomic E-state index is -0.912. The average Bonchev–Trinajstić information content (AvgIpc) is 1.99. The van der Waals surface area contributed by atoms with E-state index in [1.165, 1.54) is 13.0 Å². The van der Waals surface area contributed by atoms with Crippen molar-refractivity contribution in [1.29, 1.82) is 0 Å². The normalized spacial score (nSPS) is 13.3. The molecule has 0 heterocycles. The lowest BCUT2D eigenvalue weighted by Crippen LogP contribution is -1.97. The summed E-state index contributed by atoms with van der Waals surface area (Å²) in [5.74, 6) is -0.912. The molecule has 0 saturated carbocycles. The van der Waals surface area contributed by atoms with Crippen molar-refractivity contribution in [3.8, 4) is 0 Å². The van der Waals surface area contributed by atoms with Gasteiger partial charge in [-0.25, -0.2) is 4.79 Å². The minimum Gasteiger partial charge on any atom is -0.478 e. The van der Waals surface area contributed by atoms with Gasteiger partial charge in [-0.1, -0.05) is 13.0 Å². The molecule has 0 aliphatic heterocycles. The van der Waals surface area contributed by atoms with Gasteiger partial charge in [-0.15, -0.1) is 0 Å².